The lowest BCUT2D eigenvalue weighted by Gasteiger charge is -2.24. The molecule has 3 rings (SSSR count). The van der Waals surface area contributed by atoms with Crippen molar-refractivity contribution in [1.29, 1.82) is 0 Å². The van der Waals surface area contributed by atoms with Crippen molar-refractivity contribution < 1.29 is 4.74 Å². The van der Waals surface area contributed by atoms with E-state index in [1.54, 1.807) is 0 Å². The van der Waals surface area contributed by atoms with E-state index in [4.69, 9.17) is 4.74 Å². The van der Waals surface area contributed by atoms with E-state index in [1.165, 1.54) is 11.1 Å². The van der Waals surface area contributed by atoms with Gasteiger partial charge in [-0.05, 0) is 37.4 Å². The molecule has 4 atom stereocenters. The molecule has 2 heteroatoms. The molecule has 0 spiro atoms. The quantitative estimate of drug-likeness (QED) is 0.817. The van der Waals surface area contributed by atoms with E-state index >= 15 is 0 Å². The molecular formula is C20H25NO. The minimum atomic E-state index is 0.166. The number of hydrogen-bond acceptors (Lipinski definition) is 2. The average molecular weight is 295 g/mol. The standard InChI is InChI=1S/C20H25NO/c1-15(17-10-6-4-7-11-17)14-19-21(3)16(2)20(22-19)18-12-8-5-9-13-18/h4-13,15-16,19-20H,14H2,1-3H3/t15-,16-,19-,20-/m0/s1. The van der Waals surface area contributed by atoms with Gasteiger partial charge in [0.1, 0.15) is 6.23 Å². The first kappa shape index (κ1) is 15.3. The topological polar surface area (TPSA) is 12.5 Å². The zero-order valence-corrected chi connectivity index (χ0v) is 13.6. The van der Waals surface area contributed by atoms with Crippen LogP contribution in [0, 0.1) is 0 Å². The molecule has 1 aliphatic heterocycles. The lowest BCUT2D eigenvalue weighted by molar-refractivity contribution is -0.00179. The smallest absolute Gasteiger partial charge is 0.112 e. The summed E-state index contributed by atoms with van der Waals surface area (Å²) in [7, 11) is 2.18. The van der Waals surface area contributed by atoms with Crippen molar-refractivity contribution in [2.75, 3.05) is 7.05 Å². The molecule has 1 saturated heterocycles. The van der Waals surface area contributed by atoms with Gasteiger partial charge in [0.2, 0.25) is 0 Å². The molecule has 2 aromatic rings. The summed E-state index contributed by atoms with van der Waals surface area (Å²) in [6.07, 6.45) is 1.36. The number of hydrogen-bond donors (Lipinski definition) is 0. The Morgan fingerprint density at radius 3 is 2.23 bits per heavy atom. The van der Waals surface area contributed by atoms with E-state index in [1.807, 2.05) is 0 Å². The van der Waals surface area contributed by atoms with Crippen LogP contribution in [0.1, 0.15) is 43.4 Å². The molecule has 1 aliphatic rings. The van der Waals surface area contributed by atoms with Crippen LogP contribution in [0.2, 0.25) is 0 Å². The lowest BCUT2D eigenvalue weighted by atomic mass is 9.97. The summed E-state index contributed by atoms with van der Waals surface area (Å²) in [4.78, 5) is 2.37. The Labute approximate surface area is 133 Å². The third kappa shape index (κ3) is 3.08. The van der Waals surface area contributed by atoms with Gasteiger partial charge >= 0.3 is 0 Å². The maximum Gasteiger partial charge on any atom is 0.112 e. The Morgan fingerprint density at radius 1 is 1.00 bits per heavy atom. The number of likely N-dealkylation sites (N-methyl/N-ethyl adjacent to an activating group) is 1. The van der Waals surface area contributed by atoms with Crippen molar-refractivity contribution in [1.82, 2.24) is 4.90 Å². The maximum absolute atomic E-state index is 6.39. The second-order valence-corrected chi connectivity index (χ2v) is 6.38. The van der Waals surface area contributed by atoms with E-state index in [0.717, 1.165) is 6.42 Å². The van der Waals surface area contributed by atoms with Crippen LogP contribution in [0.3, 0.4) is 0 Å². The predicted octanol–water partition coefficient (Wildman–Crippen LogP) is 4.60. The zero-order chi connectivity index (χ0) is 15.5. The Balaban J connectivity index is 1.70. The molecule has 0 amide bonds. The fourth-order valence-corrected chi connectivity index (χ4v) is 3.30. The summed E-state index contributed by atoms with van der Waals surface area (Å²) in [6, 6.07) is 21.7. The van der Waals surface area contributed by atoms with Gasteiger partial charge in [-0.2, -0.15) is 0 Å². The first-order valence-electron chi connectivity index (χ1n) is 8.14. The highest BCUT2D eigenvalue weighted by Crippen LogP contribution is 2.37. The largest absolute Gasteiger partial charge is 0.354 e. The summed E-state index contributed by atoms with van der Waals surface area (Å²) >= 11 is 0. The van der Waals surface area contributed by atoms with E-state index in [9.17, 15) is 0 Å². The van der Waals surface area contributed by atoms with Gasteiger partial charge in [0.15, 0.2) is 0 Å². The van der Waals surface area contributed by atoms with E-state index in [0.29, 0.717) is 12.0 Å². The second kappa shape index (κ2) is 6.64. The Bertz CT molecular complexity index is 581. The van der Waals surface area contributed by atoms with Gasteiger partial charge in [-0.3, -0.25) is 4.90 Å². The van der Waals surface area contributed by atoms with Gasteiger partial charge in [0.25, 0.3) is 0 Å². The number of rotatable bonds is 4. The molecule has 1 fully saturated rings. The van der Waals surface area contributed by atoms with Crippen LogP contribution in [0.5, 0.6) is 0 Å². The second-order valence-electron chi connectivity index (χ2n) is 6.38. The molecule has 22 heavy (non-hydrogen) atoms. The predicted molar refractivity (Wildman–Crippen MR) is 90.8 cm³/mol. The maximum atomic E-state index is 6.39. The molecule has 2 aromatic carbocycles. The first-order valence-corrected chi connectivity index (χ1v) is 8.14. The molecule has 0 aliphatic carbocycles. The van der Waals surface area contributed by atoms with Gasteiger partial charge in [-0.1, -0.05) is 67.6 Å². The van der Waals surface area contributed by atoms with Crippen molar-refractivity contribution >= 4 is 0 Å². The van der Waals surface area contributed by atoms with Crippen LogP contribution in [-0.4, -0.2) is 24.2 Å². The normalized spacial score (nSPS) is 27.0. The third-order valence-electron chi connectivity index (χ3n) is 4.89. The highest BCUT2D eigenvalue weighted by Gasteiger charge is 2.38. The Kier molecular flexibility index (Phi) is 4.60. The molecule has 0 N–H and O–H groups in total. The first-order chi connectivity index (χ1) is 10.7. The Morgan fingerprint density at radius 2 is 1.59 bits per heavy atom. The van der Waals surface area contributed by atoms with Crippen molar-refractivity contribution in [3.05, 3.63) is 71.8 Å². The Hall–Kier alpha value is -1.64. The average Bonchev–Trinajstić information content (AvgIpc) is 2.85. The molecule has 0 unspecified atom stereocenters. The summed E-state index contributed by atoms with van der Waals surface area (Å²) in [5.74, 6) is 0.496. The summed E-state index contributed by atoms with van der Waals surface area (Å²) < 4.78 is 6.39. The summed E-state index contributed by atoms with van der Waals surface area (Å²) in [5.41, 5.74) is 2.66. The molecule has 0 aromatic heterocycles. The van der Waals surface area contributed by atoms with Crippen LogP contribution in [0.25, 0.3) is 0 Å². The molecule has 0 saturated carbocycles. The van der Waals surface area contributed by atoms with Crippen LogP contribution in [-0.2, 0) is 4.74 Å². The zero-order valence-electron chi connectivity index (χ0n) is 13.6. The minimum absolute atomic E-state index is 0.166. The molecular weight excluding hydrogens is 270 g/mol. The van der Waals surface area contributed by atoms with Crippen molar-refractivity contribution in [2.45, 2.75) is 44.6 Å². The number of benzene rings is 2. The van der Waals surface area contributed by atoms with E-state index < -0.39 is 0 Å². The van der Waals surface area contributed by atoms with Crippen LogP contribution in [0.4, 0.5) is 0 Å². The van der Waals surface area contributed by atoms with Crippen molar-refractivity contribution in [3.8, 4) is 0 Å². The highest BCUT2D eigenvalue weighted by molar-refractivity contribution is 5.21. The van der Waals surface area contributed by atoms with Gasteiger partial charge < -0.3 is 4.74 Å². The van der Waals surface area contributed by atoms with Gasteiger partial charge in [-0.25, -0.2) is 0 Å². The summed E-state index contributed by atoms with van der Waals surface area (Å²) in [5, 5.41) is 0. The van der Waals surface area contributed by atoms with Gasteiger partial charge in [-0.15, -0.1) is 0 Å². The highest BCUT2D eigenvalue weighted by atomic mass is 16.5. The monoisotopic (exact) mass is 295 g/mol. The number of ether oxygens (including phenoxy) is 1. The number of nitrogens with zero attached hydrogens (tertiary/aromatic N) is 1. The third-order valence-corrected chi connectivity index (χ3v) is 4.89. The van der Waals surface area contributed by atoms with Crippen molar-refractivity contribution in [2.24, 2.45) is 0 Å². The van der Waals surface area contributed by atoms with E-state index in [-0.39, 0.29) is 12.3 Å². The van der Waals surface area contributed by atoms with Crippen LogP contribution in [0.15, 0.2) is 60.7 Å². The van der Waals surface area contributed by atoms with Gasteiger partial charge in [0, 0.05) is 6.04 Å². The lowest BCUT2D eigenvalue weighted by Crippen LogP contribution is -2.32. The SMILES string of the molecule is C[C@@H](C[C@@H]1O[C@H](c2ccccc2)[C@H](C)N1C)c1ccccc1. The van der Waals surface area contributed by atoms with E-state index in [2.05, 4.69) is 86.5 Å². The molecule has 2 nitrogen and oxygen atoms in total. The van der Waals surface area contributed by atoms with Crippen LogP contribution >= 0.6 is 0 Å². The molecule has 1 heterocycles. The molecule has 116 valence electrons. The summed E-state index contributed by atoms with van der Waals surface area (Å²) in [6.45, 7) is 4.54. The minimum Gasteiger partial charge on any atom is -0.354 e. The molecule has 0 radical (unpaired) electrons. The fraction of sp³-hybridized carbons (Fsp3) is 0.400. The van der Waals surface area contributed by atoms with Crippen LogP contribution < -0.4 is 0 Å². The molecule has 0 bridgehead atoms. The van der Waals surface area contributed by atoms with Crippen molar-refractivity contribution in [3.63, 3.8) is 0 Å². The van der Waals surface area contributed by atoms with Gasteiger partial charge in [0.05, 0.1) is 6.10 Å². The fourth-order valence-electron chi connectivity index (χ4n) is 3.30.